The summed E-state index contributed by atoms with van der Waals surface area (Å²) < 4.78 is 24.8. The fraction of sp³-hybridized carbons (Fsp3) is 0.909. The van der Waals surface area contributed by atoms with Crippen molar-refractivity contribution >= 4 is 5.97 Å². The predicted octanol–water partition coefficient (Wildman–Crippen LogP) is 1.94. The zero-order chi connectivity index (χ0) is 33.3. The van der Waals surface area contributed by atoms with E-state index in [9.17, 15) is 25.2 Å². The second-order valence-corrected chi connectivity index (χ2v) is 14.5. The van der Waals surface area contributed by atoms with Gasteiger partial charge in [0.1, 0.15) is 17.8 Å². The maximum atomic E-state index is 13.5. The van der Waals surface area contributed by atoms with Gasteiger partial charge in [-0.3, -0.25) is 9.69 Å². The van der Waals surface area contributed by atoms with Gasteiger partial charge in [0, 0.05) is 24.5 Å². The van der Waals surface area contributed by atoms with Gasteiger partial charge in [-0.2, -0.15) is 0 Å². The molecule has 2 unspecified atom stereocenters. The largest absolute Gasteiger partial charge is 0.459 e. The number of ether oxygens (including phenoxy) is 4. The topological polar surface area (TPSA) is 141 Å². The van der Waals surface area contributed by atoms with Gasteiger partial charge in [-0.1, -0.05) is 26.8 Å². The minimum absolute atomic E-state index is 0.163. The van der Waals surface area contributed by atoms with Crippen LogP contribution in [0.1, 0.15) is 74.7 Å². The first kappa shape index (κ1) is 37.3. The Hall–Kier alpha value is -1.15. The van der Waals surface area contributed by atoms with Crippen LogP contribution in [0, 0.1) is 17.8 Å². The number of aliphatic hydroxyl groups is 4. The van der Waals surface area contributed by atoms with Crippen molar-refractivity contribution in [3.63, 3.8) is 0 Å². The number of fused-ring (bicyclic) bond motifs is 3. The summed E-state index contributed by atoms with van der Waals surface area (Å²) >= 11 is 0. The monoisotopic (exact) mass is 628 g/mol. The van der Waals surface area contributed by atoms with E-state index in [1.54, 1.807) is 27.7 Å². The maximum absolute atomic E-state index is 13.5. The highest BCUT2D eigenvalue weighted by molar-refractivity contribution is 5.73. The number of carbonyl (C=O) groups is 1. The maximum Gasteiger partial charge on any atom is 0.311 e. The van der Waals surface area contributed by atoms with Crippen LogP contribution in [0.4, 0.5) is 0 Å². The first-order chi connectivity index (χ1) is 20.4. The summed E-state index contributed by atoms with van der Waals surface area (Å²) in [6.45, 7) is 19.2. The lowest BCUT2D eigenvalue weighted by Gasteiger charge is -2.47. The van der Waals surface area contributed by atoms with Gasteiger partial charge in [0.25, 0.3) is 0 Å². The molecule has 0 aromatic rings. The standard InChI is InChI=1S/C33H60N2O9/c1-12-23-17-41-28-18(3)16-35(23)19(4)15-32(8,39)29(44-31-27(37)24(34(10)11)14-20(5)42-31)21(6)26(36)22(7)30(38)43-25(13-2)33(28,9)40/h12,18-29,31,36-37,39-40H,1,13-17H2,2-11H3/t18-,19+,20+,21-,22+,23?,24-,25+,26-,27+,28+,29+,31-,32+,33+/m0/s1. The second kappa shape index (κ2) is 14.7. The SMILES string of the molecule is C=CC1CO[C@@H]2[C@@H](C)CN1[C@H](C)C[C@@](C)(O)[C@H](O[C@@H]1O[C@H](C)C[C@H](N(C)C)[C@H]1O)[C@@H](C)[C@H](O)[C@@H](C)C(=O)O[C@H](CC)[C@@]2(C)O. The molecule has 3 rings (SSSR count). The Morgan fingerprint density at radius 3 is 2.32 bits per heavy atom. The lowest BCUT2D eigenvalue weighted by Crippen LogP contribution is -2.60. The van der Waals surface area contributed by atoms with E-state index in [4.69, 9.17) is 18.9 Å². The summed E-state index contributed by atoms with van der Waals surface area (Å²) in [5, 5.41) is 46.9. The van der Waals surface area contributed by atoms with E-state index in [2.05, 4.69) is 11.5 Å². The van der Waals surface area contributed by atoms with Crippen LogP contribution in [0.5, 0.6) is 0 Å². The molecule has 0 aromatic heterocycles. The van der Waals surface area contributed by atoms with E-state index < -0.39 is 65.8 Å². The van der Waals surface area contributed by atoms with Crippen LogP contribution in [-0.4, -0.2) is 136 Å². The third-order valence-electron chi connectivity index (χ3n) is 10.4. The molecule has 44 heavy (non-hydrogen) atoms. The molecule has 0 amide bonds. The Bertz CT molecular complexity index is 962. The molecule has 4 N–H and O–H groups in total. The molecule has 16 atom stereocenters. The Morgan fingerprint density at radius 1 is 1.11 bits per heavy atom. The van der Waals surface area contributed by atoms with Gasteiger partial charge < -0.3 is 44.3 Å². The molecule has 3 saturated heterocycles. The van der Waals surface area contributed by atoms with E-state index in [0.29, 0.717) is 19.4 Å². The number of nitrogens with zero attached hydrogens (tertiary/aromatic N) is 2. The van der Waals surface area contributed by atoms with Crippen molar-refractivity contribution in [1.82, 2.24) is 9.80 Å². The Labute approximate surface area is 264 Å². The molecule has 256 valence electrons. The predicted molar refractivity (Wildman–Crippen MR) is 167 cm³/mol. The van der Waals surface area contributed by atoms with E-state index in [1.807, 2.05) is 52.8 Å². The van der Waals surface area contributed by atoms with E-state index in [-0.39, 0.29) is 43.2 Å². The average Bonchev–Trinajstić information content (AvgIpc) is 3.12. The van der Waals surface area contributed by atoms with Crippen molar-refractivity contribution in [2.75, 3.05) is 27.2 Å². The third kappa shape index (κ3) is 7.86. The lowest BCUT2D eigenvalue weighted by molar-refractivity contribution is -0.299. The zero-order valence-corrected chi connectivity index (χ0v) is 28.6. The van der Waals surface area contributed by atoms with Crippen molar-refractivity contribution in [2.24, 2.45) is 17.8 Å². The van der Waals surface area contributed by atoms with Gasteiger partial charge >= 0.3 is 5.97 Å². The summed E-state index contributed by atoms with van der Waals surface area (Å²) in [5.74, 6) is -2.61. The van der Waals surface area contributed by atoms with Crippen LogP contribution >= 0.6 is 0 Å². The van der Waals surface area contributed by atoms with Crippen molar-refractivity contribution in [3.8, 4) is 0 Å². The highest BCUT2D eigenvalue weighted by Gasteiger charge is 2.51. The van der Waals surface area contributed by atoms with Gasteiger partial charge in [-0.15, -0.1) is 6.58 Å². The zero-order valence-electron chi connectivity index (χ0n) is 28.6. The molecule has 3 heterocycles. The fourth-order valence-corrected chi connectivity index (χ4v) is 7.77. The van der Waals surface area contributed by atoms with Gasteiger partial charge in [-0.25, -0.2) is 0 Å². The van der Waals surface area contributed by atoms with Gasteiger partial charge in [0.15, 0.2) is 6.29 Å². The van der Waals surface area contributed by atoms with Crippen LogP contribution in [0.2, 0.25) is 0 Å². The van der Waals surface area contributed by atoms with Crippen molar-refractivity contribution in [1.29, 1.82) is 0 Å². The van der Waals surface area contributed by atoms with E-state index in [1.165, 1.54) is 0 Å². The molecule has 0 aromatic carbocycles. The van der Waals surface area contributed by atoms with E-state index >= 15 is 0 Å². The number of aliphatic hydroxyl groups excluding tert-OH is 2. The molecular formula is C33H60N2O9. The third-order valence-corrected chi connectivity index (χ3v) is 10.4. The smallest absolute Gasteiger partial charge is 0.311 e. The molecule has 2 bridgehead atoms. The number of hydrogen-bond donors (Lipinski definition) is 4. The minimum atomic E-state index is -1.53. The number of esters is 1. The highest BCUT2D eigenvalue weighted by Crippen LogP contribution is 2.38. The lowest BCUT2D eigenvalue weighted by atomic mass is 9.78. The summed E-state index contributed by atoms with van der Waals surface area (Å²) in [7, 11) is 3.77. The number of hydrogen-bond acceptors (Lipinski definition) is 11. The molecule has 0 saturated carbocycles. The normalized spacial score (nSPS) is 49.9. The van der Waals surface area contributed by atoms with Gasteiger partial charge in [0.2, 0.25) is 0 Å². The highest BCUT2D eigenvalue weighted by atomic mass is 16.7. The molecule has 0 radical (unpaired) electrons. The summed E-state index contributed by atoms with van der Waals surface area (Å²) in [4.78, 5) is 17.7. The number of carbonyl (C=O) groups excluding carboxylic acids is 1. The Balaban J connectivity index is 2.09. The minimum Gasteiger partial charge on any atom is -0.459 e. The second-order valence-electron chi connectivity index (χ2n) is 14.5. The summed E-state index contributed by atoms with van der Waals surface area (Å²) in [5.41, 5.74) is -3.03. The van der Waals surface area contributed by atoms with Gasteiger partial charge in [-0.05, 0) is 73.9 Å². The van der Waals surface area contributed by atoms with Crippen LogP contribution < -0.4 is 0 Å². The first-order valence-corrected chi connectivity index (χ1v) is 16.4. The first-order valence-electron chi connectivity index (χ1n) is 16.4. The number of cyclic esters (lactones) is 1. The van der Waals surface area contributed by atoms with Crippen molar-refractivity contribution in [3.05, 3.63) is 12.7 Å². The fourth-order valence-electron chi connectivity index (χ4n) is 7.77. The molecule has 3 aliphatic heterocycles. The van der Waals surface area contributed by atoms with Crippen molar-refractivity contribution < 1.29 is 44.2 Å². The molecule has 11 nitrogen and oxygen atoms in total. The molecular weight excluding hydrogens is 568 g/mol. The number of rotatable bonds is 5. The van der Waals surface area contributed by atoms with Gasteiger partial charge in [0.05, 0.1) is 48.6 Å². The molecule has 11 heteroatoms. The molecule has 3 fully saturated rings. The molecule has 0 spiro atoms. The van der Waals surface area contributed by atoms with Crippen LogP contribution in [0.15, 0.2) is 12.7 Å². The summed E-state index contributed by atoms with van der Waals surface area (Å²) in [6, 6.07) is -0.638. The Kier molecular flexibility index (Phi) is 12.5. The van der Waals surface area contributed by atoms with Crippen LogP contribution in [0.3, 0.4) is 0 Å². The van der Waals surface area contributed by atoms with Crippen molar-refractivity contribution in [2.45, 2.75) is 147 Å². The van der Waals surface area contributed by atoms with Crippen LogP contribution in [0.25, 0.3) is 0 Å². The summed E-state index contributed by atoms with van der Waals surface area (Å²) in [6.07, 6.45) is -3.12. The molecule has 0 aliphatic carbocycles. The number of likely N-dealkylation sites (N-methyl/N-ethyl adjacent to an activating group) is 1. The quantitative estimate of drug-likeness (QED) is 0.262. The average molecular weight is 629 g/mol. The molecule has 3 aliphatic rings. The van der Waals surface area contributed by atoms with E-state index in [0.717, 1.165) is 0 Å². The van der Waals surface area contributed by atoms with Crippen LogP contribution in [-0.2, 0) is 23.7 Å². The Morgan fingerprint density at radius 2 is 1.75 bits per heavy atom.